The fraction of sp³-hybridized carbons (Fsp3) is 0.533. The highest BCUT2D eigenvalue weighted by Gasteiger charge is 2.09. The zero-order valence-corrected chi connectivity index (χ0v) is 14.7. The second-order valence-corrected chi connectivity index (χ2v) is 6.30. The number of halogens is 1. The molecule has 0 aliphatic heterocycles. The molecular weight excluding hydrogens is 304 g/mol. The van der Waals surface area contributed by atoms with Gasteiger partial charge in [-0.15, -0.1) is 6.58 Å². The summed E-state index contributed by atoms with van der Waals surface area (Å²) in [7, 11) is 4.05. The molecule has 0 aromatic carbocycles. The maximum atomic E-state index is 6.03. The van der Waals surface area contributed by atoms with E-state index in [1.165, 1.54) is 0 Å². The van der Waals surface area contributed by atoms with Gasteiger partial charge in [-0.1, -0.05) is 17.7 Å². The molecule has 0 aliphatic carbocycles. The summed E-state index contributed by atoms with van der Waals surface area (Å²) >= 11 is 7.87. The Kier molecular flexibility index (Phi) is 8.38. The Bertz CT molecular complexity index is 470. The van der Waals surface area contributed by atoms with Crippen LogP contribution in [-0.4, -0.2) is 47.1 Å². The van der Waals surface area contributed by atoms with Gasteiger partial charge in [-0.25, -0.2) is 0 Å². The van der Waals surface area contributed by atoms with Gasteiger partial charge >= 0.3 is 0 Å². The number of aromatic nitrogens is 1. The summed E-state index contributed by atoms with van der Waals surface area (Å²) in [6.45, 7) is 8.23. The van der Waals surface area contributed by atoms with Gasteiger partial charge in [0.2, 0.25) is 0 Å². The summed E-state index contributed by atoms with van der Waals surface area (Å²) in [5, 5.41) is 4.09. The third kappa shape index (κ3) is 6.48. The van der Waals surface area contributed by atoms with E-state index >= 15 is 0 Å². The van der Waals surface area contributed by atoms with E-state index in [1.807, 2.05) is 48.8 Å². The quantitative estimate of drug-likeness (QED) is 0.344. The van der Waals surface area contributed by atoms with Crippen molar-refractivity contribution in [3.63, 3.8) is 0 Å². The largest absolute Gasteiger partial charge is 0.357 e. The van der Waals surface area contributed by atoms with Gasteiger partial charge in [0.15, 0.2) is 5.96 Å². The highest BCUT2D eigenvalue weighted by molar-refractivity contribution is 7.99. The second kappa shape index (κ2) is 9.79. The number of hydrogen-bond acceptors (Lipinski definition) is 2. The predicted molar refractivity (Wildman–Crippen MR) is 95.4 cm³/mol. The average molecular weight is 329 g/mol. The number of rotatable bonds is 8. The van der Waals surface area contributed by atoms with Gasteiger partial charge in [-0.05, 0) is 13.0 Å². The van der Waals surface area contributed by atoms with Crippen LogP contribution in [0, 0.1) is 0 Å². The van der Waals surface area contributed by atoms with Gasteiger partial charge in [0.1, 0.15) is 0 Å². The summed E-state index contributed by atoms with van der Waals surface area (Å²) in [5.74, 6) is 2.91. The summed E-state index contributed by atoms with van der Waals surface area (Å²) < 4.78 is 2.04. The van der Waals surface area contributed by atoms with E-state index in [2.05, 4.69) is 28.7 Å². The first-order valence-electron chi connectivity index (χ1n) is 7.07. The smallest absolute Gasteiger partial charge is 0.194 e. The maximum Gasteiger partial charge on any atom is 0.194 e. The molecule has 0 atom stereocenters. The molecule has 118 valence electrons. The number of hydrogen-bond donors (Lipinski definition) is 1. The number of aliphatic imine (C=N–C) groups is 1. The molecule has 0 aliphatic rings. The van der Waals surface area contributed by atoms with E-state index in [9.17, 15) is 0 Å². The van der Waals surface area contributed by atoms with Crippen molar-refractivity contribution in [3.8, 4) is 0 Å². The van der Waals surface area contributed by atoms with Crippen LogP contribution in [0.5, 0.6) is 0 Å². The van der Waals surface area contributed by atoms with E-state index in [0.29, 0.717) is 0 Å². The topological polar surface area (TPSA) is 32.6 Å². The summed E-state index contributed by atoms with van der Waals surface area (Å²) in [6, 6.07) is 1.99. The van der Waals surface area contributed by atoms with Crippen LogP contribution in [0.3, 0.4) is 0 Å². The Morgan fingerprint density at radius 1 is 1.62 bits per heavy atom. The molecule has 4 nitrogen and oxygen atoms in total. The van der Waals surface area contributed by atoms with Crippen molar-refractivity contribution in [3.05, 3.63) is 35.6 Å². The van der Waals surface area contributed by atoms with Crippen molar-refractivity contribution in [2.75, 3.05) is 31.6 Å². The first-order valence-corrected chi connectivity index (χ1v) is 8.60. The Hall–Kier alpha value is -1.07. The normalized spacial score (nSPS) is 11.5. The minimum atomic E-state index is 0.767. The Labute approximate surface area is 137 Å². The van der Waals surface area contributed by atoms with E-state index in [0.717, 1.165) is 47.8 Å². The fourth-order valence-corrected chi connectivity index (χ4v) is 2.72. The van der Waals surface area contributed by atoms with Crippen molar-refractivity contribution < 1.29 is 0 Å². The lowest BCUT2D eigenvalue weighted by molar-refractivity contribution is 0.462. The molecule has 1 aromatic rings. The summed E-state index contributed by atoms with van der Waals surface area (Å²) in [5.41, 5.74) is 1.16. The molecule has 0 spiro atoms. The Morgan fingerprint density at radius 2 is 2.38 bits per heavy atom. The monoisotopic (exact) mass is 328 g/mol. The van der Waals surface area contributed by atoms with Crippen molar-refractivity contribution in [2.24, 2.45) is 12.0 Å². The van der Waals surface area contributed by atoms with Crippen LogP contribution >= 0.6 is 23.4 Å². The van der Waals surface area contributed by atoms with E-state index in [1.54, 1.807) is 0 Å². The third-order valence-corrected chi connectivity index (χ3v) is 4.05. The lowest BCUT2D eigenvalue weighted by atomic mass is 10.4. The third-order valence-electron chi connectivity index (χ3n) is 2.90. The molecule has 6 heteroatoms. The number of thioether (sulfide) groups is 1. The van der Waals surface area contributed by atoms with Gasteiger partial charge in [0.25, 0.3) is 0 Å². The lowest BCUT2D eigenvalue weighted by Crippen LogP contribution is -2.39. The molecule has 0 amide bonds. The van der Waals surface area contributed by atoms with Gasteiger partial charge < -0.3 is 14.8 Å². The zero-order valence-electron chi connectivity index (χ0n) is 13.1. The molecule has 0 fully saturated rings. The average Bonchev–Trinajstić information content (AvgIpc) is 2.75. The van der Waals surface area contributed by atoms with Crippen LogP contribution < -0.4 is 5.32 Å². The number of nitrogens with zero attached hydrogens (tertiary/aromatic N) is 3. The zero-order chi connectivity index (χ0) is 15.7. The van der Waals surface area contributed by atoms with E-state index in [-0.39, 0.29) is 0 Å². The summed E-state index contributed by atoms with van der Waals surface area (Å²) in [4.78, 5) is 6.77. The molecule has 0 unspecified atom stereocenters. The minimum Gasteiger partial charge on any atom is -0.357 e. The predicted octanol–water partition coefficient (Wildman–Crippen LogP) is 3.00. The molecule has 0 bridgehead atoms. The van der Waals surface area contributed by atoms with Gasteiger partial charge in [-0.3, -0.25) is 4.99 Å². The van der Waals surface area contributed by atoms with Gasteiger partial charge in [0, 0.05) is 44.0 Å². The van der Waals surface area contributed by atoms with Crippen LogP contribution in [0.15, 0.2) is 29.9 Å². The van der Waals surface area contributed by atoms with Crippen LogP contribution in [0.2, 0.25) is 5.02 Å². The highest BCUT2D eigenvalue weighted by atomic mass is 35.5. The van der Waals surface area contributed by atoms with Crippen molar-refractivity contribution in [1.82, 2.24) is 14.8 Å². The maximum absolute atomic E-state index is 6.03. The van der Waals surface area contributed by atoms with Crippen molar-refractivity contribution in [1.29, 1.82) is 0 Å². The number of aryl methyl sites for hydroxylation is 1. The second-order valence-electron chi connectivity index (χ2n) is 4.72. The van der Waals surface area contributed by atoms with Crippen LogP contribution in [-0.2, 0) is 13.6 Å². The van der Waals surface area contributed by atoms with Crippen LogP contribution in [0.25, 0.3) is 0 Å². The SMILES string of the molecule is C=CCSCCN=C(NCC)N(C)Cc1cc(Cl)cn1C. The van der Waals surface area contributed by atoms with Crippen molar-refractivity contribution >= 4 is 29.3 Å². The molecule has 1 heterocycles. The Morgan fingerprint density at radius 3 is 2.95 bits per heavy atom. The fourth-order valence-electron chi connectivity index (χ4n) is 1.89. The van der Waals surface area contributed by atoms with Gasteiger partial charge in [-0.2, -0.15) is 11.8 Å². The molecule has 0 radical (unpaired) electrons. The molecule has 0 saturated carbocycles. The summed E-state index contributed by atoms with van der Waals surface area (Å²) in [6.07, 6.45) is 3.84. The molecule has 0 saturated heterocycles. The van der Waals surface area contributed by atoms with Crippen LogP contribution in [0.1, 0.15) is 12.6 Å². The number of guanidine groups is 1. The number of nitrogens with one attached hydrogen (secondary N) is 1. The van der Waals surface area contributed by atoms with Crippen molar-refractivity contribution in [2.45, 2.75) is 13.5 Å². The van der Waals surface area contributed by atoms with Crippen LogP contribution in [0.4, 0.5) is 0 Å². The standard InChI is InChI=1S/C15H25ClN4S/c1-5-8-21-9-7-18-15(17-6-2)20(4)12-14-10-13(16)11-19(14)3/h5,10-11H,1,6-9,12H2,2-4H3,(H,17,18). The first kappa shape index (κ1) is 18.0. The van der Waals surface area contributed by atoms with E-state index in [4.69, 9.17) is 11.6 Å². The first-order chi connectivity index (χ1) is 10.1. The Balaban J connectivity index is 2.59. The molecule has 1 rings (SSSR count). The highest BCUT2D eigenvalue weighted by Crippen LogP contribution is 2.14. The molecule has 21 heavy (non-hydrogen) atoms. The minimum absolute atomic E-state index is 0.767. The molecule has 1 aromatic heterocycles. The lowest BCUT2D eigenvalue weighted by Gasteiger charge is -2.22. The molecular formula is C15H25ClN4S. The van der Waals surface area contributed by atoms with Gasteiger partial charge in [0.05, 0.1) is 18.1 Å². The van der Waals surface area contributed by atoms with E-state index < -0.39 is 0 Å². The molecule has 1 N–H and O–H groups in total.